The molecule has 1 aliphatic carbocycles. The summed E-state index contributed by atoms with van der Waals surface area (Å²) in [5.41, 5.74) is 0.940. The Morgan fingerprint density at radius 2 is 2.09 bits per heavy atom. The number of nitrogens with zero attached hydrogens (tertiary/aromatic N) is 1. The van der Waals surface area contributed by atoms with Gasteiger partial charge in [-0.05, 0) is 30.5 Å². The molecule has 0 aromatic carbocycles. The van der Waals surface area contributed by atoms with Gasteiger partial charge in [-0.2, -0.15) is 0 Å². The molecule has 0 aliphatic heterocycles. The molecule has 1 heterocycles. The summed E-state index contributed by atoms with van der Waals surface area (Å²) in [7, 11) is 0. The van der Waals surface area contributed by atoms with Crippen molar-refractivity contribution in [3.8, 4) is 5.88 Å². The fraction of sp³-hybridized carbons (Fsp3) is 0.556. The fourth-order valence-electron chi connectivity index (χ4n) is 2.40. The highest BCUT2D eigenvalue weighted by Gasteiger charge is 2.31. The molecule has 0 spiro atoms. The average Bonchev–Trinajstić information content (AvgIpc) is 2.42. The first-order valence-electron chi connectivity index (χ1n) is 8.04. The van der Waals surface area contributed by atoms with E-state index in [1.165, 1.54) is 0 Å². The second-order valence-electron chi connectivity index (χ2n) is 6.55. The maximum atomic E-state index is 11.6. The number of hydrogen-bond donors (Lipinski definition) is 1. The van der Waals surface area contributed by atoms with Crippen LogP contribution in [0.5, 0.6) is 5.88 Å². The Hall–Kier alpha value is -1.68. The number of rotatable bonds is 7. The smallest absolute Gasteiger partial charge is 0.214 e. The van der Waals surface area contributed by atoms with Crippen molar-refractivity contribution in [3.05, 3.63) is 30.0 Å². The van der Waals surface area contributed by atoms with E-state index in [-0.39, 0.29) is 17.8 Å². The minimum Gasteiger partial charge on any atom is -0.474 e. The second kappa shape index (κ2) is 7.54. The third-order valence-electron chi connectivity index (χ3n) is 3.72. The Labute approximate surface area is 133 Å². The lowest BCUT2D eigenvalue weighted by Crippen LogP contribution is -2.49. The van der Waals surface area contributed by atoms with Crippen molar-refractivity contribution in [3.63, 3.8) is 0 Å². The van der Waals surface area contributed by atoms with Crippen molar-refractivity contribution in [1.29, 1.82) is 0 Å². The predicted molar refractivity (Wildman–Crippen MR) is 88.8 cm³/mol. The van der Waals surface area contributed by atoms with E-state index in [1.807, 2.05) is 32.1 Å². The van der Waals surface area contributed by atoms with Gasteiger partial charge in [0, 0.05) is 30.3 Å². The van der Waals surface area contributed by atoms with Crippen molar-refractivity contribution in [2.75, 3.05) is 0 Å². The molecule has 4 nitrogen and oxygen atoms in total. The van der Waals surface area contributed by atoms with Crippen LogP contribution in [0.3, 0.4) is 0 Å². The van der Waals surface area contributed by atoms with Gasteiger partial charge in [-0.3, -0.25) is 4.79 Å². The average molecular weight is 302 g/mol. The molecule has 1 fully saturated rings. The minimum atomic E-state index is 0.0224. The standard InChI is InChI=1S/C18H26N2O2/c1-12(2)17(21)6-5-14-7-8-19-18(9-14)22-16-10-15(11-16)20-13(3)4/h5-9,12-13,15-16,20H,10-11H2,1-4H3/b6-5+/t15-,16+. The van der Waals surface area contributed by atoms with Gasteiger partial charge in [-0.25, -0.2) is 4.98 Å². The van der Waals surface area contributed by atoms with Crippen LogP contribution in [0, 0.1) is 5.92 Å². The van der Waals surface area contributed by atoms with E-state index in [0.717, 1.165) is 18.4 Å². The molecule has 0 unspecified atom stereocenters. The van der Waals surface area contributed by atoms with Gasteiger partial charge in [0.25, 0.3) is 0 Å². The van der Waals surface area contributed by atoms with E-state index in [9.17, 15) is 4.79 Å². The molecule has 4 heteroatoms. The first-order chi connectivity index (χ1) is 10.4. The molecule has 0 bridgehead atoms. The summed E-state index contributed by atoms with van der Waals surface area (Å²) in [6.45, 7) is 8.10. The highest BCUT2D eigenvalue weighted by Crippen LogP contribution is 2.25. The summed E-state index contributed by atoms with van der Waals surface area (Å²) >= 11 is 0. The molecule has 0 amide bonds. The zero-order valence-electron chi connectivity index (χ0n) is 13.9. The number of aromatic nitrogens is 1. The number of nitrogens with one attached hydrogen (secondary N) is 1. The van der Waals surface area contributed by atoms with Crippen molar-refractivity contribution < 1.29 is 9.53 Å². The number of carbonyl (C=O) groups is 1. The van der Waals surface area contributed by atoms with Gasteiger partial charge in [-0.15, -0.1) is 0 Å². The van der Waals surface area contributed by atoms with Crippen LogP contribution in [0.2, 0.25) is 0 Å². The SMILES string of the molecule is CC(C)N[C@H]1C[C@@H](Oc2cc(/C=C/C(=O)C(C)C)ccn2)C1. The van der Waals surface area contributed by atoms with Crippen molar-refractivity contribution in [1.82, 2.24) is 10.3 Å². The van der Waals surface area contributed by atoms with Crippen LogP contribution in [0.4, 0.5) is 0 Å². The largest absolute Gasteiger partial charge is 0.474 e. The second-order valence-corrected chi connectivity index (χ2v) is 6.55. The molecule has 2 rings (SSSR count). The number of hydrogen-bond acceptors (Lipinski definition) is 4. The van der Waals surface area contributed by atoms with Gasteiger partial charge in [-0.1, -0.05) is 33.8 Å². The zero-order valence-corrected chi connectivity index (χ0v) is 13.9. The molecule has 0 saturated heterocycles. The molecule has 1 aromatic rings. The number of allylic oxidation sites excluding steroid dienone is 1. The highest BCUT2D eigenvalue weighted by molar-refractivity contribution is 5.94. The van der Waals surface area contributed by atoms with Gasteiger partial charge in [0.05, 0.1) is 0 Å². The lowest BCUT2D eigenvalue weighted by atomic mass is 9.89. The Morgan fingerprint density at radius 3 is 2.73 bits per heavy atom. The molecular formula is C18H26N2O2. The van der Waals surface area contributed by atoms with Crippen molar-refractivity contribution in [2.45, 2.75) is 58.7 Å². The van der Waals surface area contributed by atoms with E-state index >= 15 is 0 Å². The van der Waals surface area contributed by atoms with Crippen LogP contribution in [-0.4, -0.2) is 29.0 Å². The van der Waals surface area contributed by atoms with Crippen molar-refractivity contribution >= 4 is 11.9 Å². The topological polar surface area (TPSA) is 51.2 Å². The van der Waals surface area contributed by atoms with Gasteiger partial charge in [0.1, 0.15) is 6.10 Å². The van der Waals surface area contributed by atoms with Gasteiger partial charge in [0.2, 0.25) is 5.88 Å². The quantitative estimate of drug-likeness (QED) is 0.786. The summed E-state index contributed by atoms with van der Waals surface area (Å²) in [6.07, 6.45) is 7.44. The molecule has 0 atom stereocenters. The maximum absolute atomic E-state index is 11.6. The molecule has 0 radical (unpaired) electrons. The van der Waals surface area contributed by atoms with Crippen LogP contribution < -0.4 is 10.1 Å². The molecule has 1 N–H and O–H groups in total. The lowest BCUT2D eigenvalue weighted by Gasteiger charge is -2.36. The number of ketones is 1. The first-order valence-corrected chi connectivity index (χ1v) is 8.04. The van der Waals surface area contributed by atoms with Crippen LogP contribution in [0.25, 0.3) is 6.08 Å². The normalized spacial score (nSPS) is 21.4. The molecule has 1 saturated carbocycles. The van der Waals surface area contributed by atoms with Crippen molar-refractivity contribution in [2.24, 2.45) is 5.92 Å². The van der Waals surface area contributed by atoms with Gasteiger partial charge >= 0.3 is 0 Å². The third-order valence-corrected chi connectivity index (χ3v) is 3.72. The van der Waals surface area contributed by atoms with E-state index < -0.39 is 0 Å². The van der Waals surface area contributed by atoms with Crippen LogP contribution in [-0.2, 0) is 4.79 Å². The maximum Gasteiger partial charge on any atom is 0.214 e. The predicted octanol–water partition coefficient (Wildman–Crippen LogP) is 3.23. The molecule has 22 heavy (non-hydrogen) atoms. The van der Waals surface area contributed by atoms with Crippen LogP contribution in [0.1, 0.15) is 46.1 Å². The summed E-state index contributed by atoms with van der Waals surface area (Å²) < 4.78 is 5.89. The Bertz CT molecular complexity index is 532. The Kier molecular flexibility index (Phi) is 5.72. The van der Waals surface area contributed by atoms with Gasteiger partial charge < -0.3 is 10.1 Å². The Morgan fingerprint density at radius 1 is 1.36 bits per heavy atom. The fourth-order valence-corrected chi connectivity index (χ4v) is 2.40. The monoisotopic (exact) mass is 302 g/mol. The summed E-state index contributed by atoms with van der Waals surface area (Å²) in [4.78, 5) is 15.9. The van der Waals surface area contributed by atoms with Gasteiger partial charge in [0.15, 0.2) is 5.78 Å². The minimum absolute atomic E-state index is 0.0224. The van der Waals surface area contributed by atoms with E-state index in [1.54, 1.807) is 12.3 Å². The number of ether oxygens (including phenoxy) is 1. The molecule has 1 aromatic heterocycles. The molecular weight excluding hydrogens is 276 g/mol. The third kappa shape index (κ3) is 4.95. The van der Waals surface area contributed by atoms with E-state index in [0.29, 0.717) is 18.0 Å². The van der Waals surface area contributed by atoms with E-state index in [2.05, 4.69) is 24.1 Å². The van der Waals surface area contributed by atoms with Crippen LogP contribution >= 0.6 is 0 Å². The van der Waals surface area contributed by atoms with Crippen LogP contribution in [0.15, 0.2) is 24.4 Å². The first kappa shape index (κ1) is 16.7. The molecule has 1 aliphatic rings. The summed E-state index contributed by atoms with van der Waals surface area (Å²) in [6, 6.07) is 4.82. The Balaban J connectivity index is 1.86. The summed E-state index contributed by atoms with van der Waals surface area (Å²) in [5, 5.41) is 3.50. The lowest BCUT2D eigenvalue weighted by molar-refractivity contribution is -0.117. The number of carbonyl (C=O) groups excluding carboxylic acids is 1. The highest BCUT2D eigenvalue weighted by atomic mass is 16.5. The van der Waals surface area contributed by atoms with E-state index in [4.69, 9.17) is 4.74 Å². The number of pyridine rings is 1. The summed E-state index contributed by atoms with van der Waals surface area (Å²) in [5.74, 6) is 0.780. The zero-order chi connectivity index (χ0) is 16.1. The molecule has 120 valence electrons.